The number of nitrogens with one attached hydrogen (secondary N) is 1. The molecule has 4 heterocycles. The Morgan fingerprint density at radius 3 is 2.77 bits per heavy atom. The number of esters is 1. The van der Waals surface area contributed by atoms with Crippen LogP contribution in [0.25, 0.3) is 11.6 Å². The highest BCUT2D eigenvalue weighted by atomic mass is 16.6. The third-order valence-electron chi connectivity index (χ3n) is 6.54. The van der Waals surface area contributed by atoms with E-state index in [9.17, 15) is 14.9 Å². The number of allylic oxidation sites excluding steroid dienone is 3. The summed E-state index contributed by atoms with van der Waals surface area (Å²) in [6.07, 6.45) is 12.1. The third kappa shape index (κ3) is 5.75. The second-order valence-corrected chi connectivity index (χ2v) is 9.27. The molecular formula is C30H27N5O5. The molecule has 202 valence electrons. The van der Waals surface area contributed by atoms with Gasteiger partial charge in [-0.05, 0) is 60.9 Å². The number of pyridine rings is 1. The van der Waals surface area contributed by atoms with Crippen molar-refractivity contribution in [3.63, 3.8) is 0 Å². The molecule has 0 radical (unpaired) electrons. The summed E-state index contributed by atoms with van der Waals surface area (Å²) in [5.41, 5.74) is 3.95. The molecule has 10 heteroatoms. The van der Waals surface area contributed by atoms with E-state index in [4.69, 9.17) is 9.15 Å². The van der Waals surface area contributed by atoms with Gasteiger partial charge in [0, 0.05) is 54.2 Å². The Balaban J connectivity index is 1.38. The van der Waals surface area contributed by atoms with E-state index in [0.29, 0.717) is 29.1 Å². The molecule has 1 aliphatic heterocycles. The van der Waals surface area contributed by atoms with Crippen molar-refractivity contribution in [2.45, 2.75) is 26.3 Å². The summed E-state index contributed by atoms with van der Waals surface area (Å²) in [6.45, 7) is 4.28. The van der Waals surface area contributed by atoms with Crippen LogP contribution in [0.15, 0.2) is 107 Å². The first kappa shape index (κ1) is 26.4. The van der Waals surface area contributed by atoms with Crippen LogP contribution in [0.1, 0.15) is 42.4 Å². The summed E-state index contributed by atoms with van der Waals surface area (Å²) in [4.78, 5) is 32.9. The predicted octanol–water partition coefficient (Wildman–Crippen LogP) is 5.48. The number of nitro benzene ring substituents is 1. The van der Waals surface area contributed by atoms with Crippen molar-refractivity contribution in [3.05, 3.63) is 135 Å². The number of ether oxygens (including phenoxy) is 1. The zero-order valence-electron chi connectivity index (χ0n) is 22.0. The zero-order valence-corrected chi connectivity index (χ0v) is 22.0. The second-order valence-electron chi connectivity index (χ2n) is 9.27. The molecule has 10 nitrogen and oxygen atoms in total. The highest BCUT2D eigenvalue weighted by Crippen LogP contribution is 2.44. The van der Waals surface area contributed by atoms with Crippen LogP contribution < -0.4 is 5.32 Å². The van der Waals surface area contributed by atoms with Crippen molar-refractivity contribution in [2.24, 2.45) is 0 Å². The minimum absolute atomic E-state index is 0.0136. The van der Waals surface area contributed by atoms with Gasteiger partial charge in [0.2, 0.25) is 0 Å². The van der Waals surface area contributed by atoms with Crippen LogP contribution in [0.4, 0.5) is 5.69 Å². The molecule has 40 heavy (non-hydrogen) atoms. The maximum absolute atomic E-state index is 13.5. The first-order valence-electron chi connectivity index (χ1n) is 12.6. The second kappa shape index (κ2) is 11.6. The van der Waals surface area contributed by atoms with E-state index in [0.717, 1.165) is 22.6 Å². The number of imidazole rings is 1. The number of nitro groups is 1. The number of carbonyl (C=O) groups excluding carboxylic acids is 1. The van der Waals surface area contributed by atoms with Gasteiger partial charge in [-0.2, -0.15) is 0 Å². The topological polar surface area (TPSA) is 125 Å². The average Bonchev–Trinajstić information content (AvgIpc) is 3.63. The molecule has 1 aliphatic rings. The maximum Gasteiger partial charge on any atom is 0.337 e. The van der Waals surface area contributed by atoms with E-state index in [-0.39, 0.29) is 12.3 Å². The summed E-state index contributed by atoms with van der Waals surface area (Å²) in [5, 5.41) is 14.8. The fraction of sp³-hybridized carbons (Fsp3) is 0.167. The van der Waals surface area contributed by atoms with Gasteiger partial charge in [0.15, 0.2) is 0 Å². The van der Waals surface area contributed by atoms with E-state index in [2.05, 4.69) is 15.3 Å². The van der Waals surface area contributed by atoms with E-state index < -0.39 is 16.8 Å². The number of dihydropyridines is 1. The van der Waals surface area contributed by atoms with Crippen molar-refractivity contribution in [1.82, 2.24) is 19.9 Å². The van der Waals surface area contributed by atoms with Crippen molar-refractivity contribution in [1.29, 1.82) is 0 Å². The monoisotopic (exact) mass is 537 g/mol. The van der Waals surface area contributed by atoms with Gasteiger partial charge < -0.3 is 19.0 Å². The standard InChI is InChI=1S/C30H27N5O5/c1-20-27(23-7-4-12-31-17-23)29(22-6-3-8-24(16-22)35(37)38)28(21(2)33-20)30(36)39-15-5-9-25-10-11-26(40-25)18-34-14-13-32-19-34/h3-14,16-17,19,29,33H,15,18H2,1-2H3/b9-5+. The highest BCUT2D eigenvalue weighted by Gasteiger charge is 2.35. The minimum atomic E-state index is -0.599. The summed E-state index contributed by atoms with van der Waals surface area (Å²) in [7, 11) is 0. The summed E-state index contributed by atoms with van der Waals surface area (Å²) < 4.78 is 13.4. The van der Waals surface area contributed by atoms with Crippen molar-refractivity contribution in [2.75, 3.05) is 6.61 Å². The lowest BCUT2D eigenvalue weighted by atomic mass is 9.78. The molecular weight excluding hydrogens is 510 g/mol. The Kier molecular flexibility index (Phi) is 7.68. The maximum atomic E-state index is 13.5. The largest absolute Gasteiger partial charge is 0.460 e. The fourth-order valence-electron chi connectivity index (χ4n) is 4.82. The Bertz CT molecular complexity index is 1620. The molecule has 0 saturated heterocycles. The van der Waals surface area contributed by atoms with E-state index in [1.54, 1.807) is 56.1 Å². The molecule has 3 aromatic heterocycles. The molecule has 0 aliphatic carbocycles. The Morgan fingerprint density at radius 1 is 1.15 bits per heavy atom. The molecule has 1 aromatic carbocycles. The van der Waals surface area contributed by atoms with Crippen molar-refractivity contribution >= 4 is 23.3 Å². The Hall–Kier alpha value is -5.25. The molecule has 1 unspecified atom stereocenters. The van der Waals surface area contributed by atoms with Gasteiger partial charge in [0.25, 0.3) is 5.69 Å². The lowest BCUT2D eigenvalue weighted by Gasteiger charge is -2.31. The number of furan rings is 1. The van der Waals surface area contributed by atoms with Crippen LogP contribution in [0.5, 0.6) is 0 Å². The quantitative estimate of drug-likeness (QED) is 0.169. The number of non-ortho nitro benzene ring substituents is 1. The molecule has 0 bridgehead atoms. The van der Waals surface area contributed by atoms with Gasteiger partial charge >= 0.3 is 5.97 Å². The summed E-state index contributed by atoms with van der Waals surface area (Å²) in [6, 6.07) is 13.8. The van der Waals surface area contributed by atoms with Gasteiger partial charge in [0.05, 0.1) is 23.4 Å². The van der Waals surface area contributed by atoms with Crippen LogP contribution in [-0.2, 0) is 16.1 Å². The Morgan fingerprint density at radius 2 is 2.02 bits per heavy atom. The predicted molar refractivity (Wildman–Crippen MR) is 149 cm³/mol. The molecule has 4 aromatic rings. The lowest BCUT2D eigenvalue weighted by molar-refractivity contribution is -0.384. The first-order valence-corrected chi connectivity index (χ1v) is 12.6. The van der Waals surface area contributed by atoms with Gasteiger partial charge in [-0.15, -0.1) is 0 Å². The smallest absolute Gasteiger partial charge is 0.337 e. The van der Waals surface area contributed by atoms with E-state index in [1.807, 2.05) is 42.0 Å². The number of benzene rings is 1. The van der Waals surface area contributed by atoms with Crippen LogP contribution in [0, 0.1) is 10.1 Å². The zero-order chi connectivity index (χ0) is 28.1. The van der Waals surface area contributed by atoms with E-state index >= 15 is 0 Å². The molecule has 0 amide bonds. The number of rotatable bonds is 9. The van der Waals surface area contributed by atoms with Crippen LogP contribution in [0.2, 0.25) is 0 Å². The van der Waals surface area contributed by atoms with Gasteiger partial charge in [-0.3, -0.25) is 15.1 Å². The number of aromatic nitrogens is 3. The average molecular weight is 538 g/mol. The van der Waals surface area contributed by atoms with Crippen LogP contribution in [-0.4, -0.2) is 32.0 Å². The number of carbonyl (C=O) groups is 1. The van der Waals surface area contributed by atoms with Crippen molar-refractivity contribution in [3.8, 4) is 0 Å². The van der Waals surface area contributed by atoms with Gasteiger partial charge in [-0.25, -0.2) is 9.78 Å². The SMILES string of the molecule is CC1=C(C(=O)OC/C=C/c2ccc(Cn3ccnc3)o2)C(c2cccc([N+](=O)[O-])c2)C(c2cccnc2)=C(C)N1. The molecule has 0 saturated carbocycles. The first-order chi connectivity index (χ1) is 19.4. The summed E-state index contributed by atoms with van der Waals surface area (Å²) in [5.74, 6) is 0.277. The molecule has 1 atom stereocenters. The molecule has 0 spiro atoms. The van der Waals surface area contributed by atoms with Gasteiger partial charge in [0.1, 0.15) is 18.1 Å². The highest BCUT2D eigenvalue weighted by molar-refractivity contribution is 5.97. The molecule has 0 fully saturated rings. The lowest BCUT2D eigenvalue weighted by Crippen LogP contribution is -2.28. The Labute approximate surface area is 230 Å². The van der Waals surface area contributed by atoms with Crippen LogP contribution >= 0.6 is 0 Å². The fourth-order valence-corrected chi connectivity index (χ4v) is 4.82. The number of hydrogen-bond donors (Lipinski definition) is 1. The van der Waals surface area contributed by atoms with Crippen molar-refractivity contribution < 1.29 is 18.9 Å². The number of hydrogen-bond acceptors (Lipinski definition) is 8. The normalized spacial score (nSPS) is 15.4. The molecule has 5 rings (SSSR count). The van der Waals surface area contributed by atoms with Crippen LogP contribution in [0.3, 0.4) is 0 Å². The minimum Gasteiger partial charge on any atom is -0.460 e. The molecule has 1 N–H and O–H groups in total. The van der Waals surface area contributed by atoms with E-state index in [1.165, 1.54) is 12.1 Å². The summed E-state index contributed by atoms with van der Waals surface area (Å²) >= 11 is 0. The number of nitrogens with zero attached hydrogens (tertiary/aromatic N) is 4. The third-order valence-corrected chi connectivity index (χ3v) is 6.54. The van der Waals surface area contributed by atoms with Gasteiger partial charge in [-0.1, -0.05) is 18.2 Å².